The maximum absolute atomic E-state index is 13.3. The van der Waals surface area contributed by atoms with Gasteiger partial charge in [0.05, 0.1) is 17.8 Å². The molecule has 1 aromatic carbocycles. The highest BCUT2D eigenvalue weighted by atomic mass is 19.1. The lowest BCUT2D eigenvalue weighted by atomic mass is 10.1. The van der Waals surface area contributed by atoms with E-state index in [0.717, 1.165) is 41.4 Å². The second-order valence-electron chi connectivity index (χ2n) is 7.86. The Hall–Kier alpha value is -3.30. The first kappa shape index (κ1) is 21.0. The molecule has 1 aliphatic heterocycles. The van der Waals surface area contributed by atoms with Gasteiger partial charge in [-0.15, -0.1) is 0 Å². The van der Waals surface area contributed by atoms with E-state index >= 15 is 0 Å². The number of primary amides is 1. The Morgan fingerprint density at radius 3 is 2.71 bits per heavy atom. The number of hydroxylamine groups is 2. The van der Waals surface area contributed by atoms with E-state index in [2.05, 4.69) is 4.98 Å². The van der Waals surface area contributed by atoms with Gasteiger partial charge in [0.15, 0.2) is 0 Å². The van der Waals surface area contributed by atoms with Crippen LogP contribution in [-0.2, 0) is 17.9 Å². The molecule has 1 saturated heterocycles. The molecule has 3 heterocycles. The predicted molar refractivity (Wildman–Crippen MR) is 112 cm³/mol. The van der Waals surface area contributed by atoms with Crippen LogP contribution in [0.1, 0.15) is 34.5 Å². The normalized spacial score (nSPS) is 16.7. The highest BCUT2D eigenvalue weighted by Gasteiger charge is 2.29. The number of nitrogens with two attached hydrogens (primary N) is 1. The van der Waals surface area contributed by atoms with Crippen LogP contribution in [0.25, 0.3) is 10.9 Å². The number of carbonyl (C=O) groups excluding carboxylic acids is 2. The van der Waals surface area contributed by atoms with Crippen molar-refractivity contribution in [2.24, 2.45) is 5.73 Å². The standard InChI is InChI=1S/C22H24FN5O3/c1-26(31)22(30)18-9-17-15(12-27-8-2-3-19(27)21(24)29)13-28(20(17)10-25-18)11-14-4-6-16(23)7-5-14/h4-7,9-10,13,19,31H,2-3,8,11-12H2,1H3,(H2,24,29)/t19-/m1/s1. The van der Waals surface area contributed by atoms with Crippen molar-refractivity contribution >= 4 is 22.7 Å². The maximum atomic E-state index is 13.3. The van der Waals surface area contributed by atoms with Crippen molar-refractivity contribution in [2.45, 2.75) is 32.0 Å². The van der Waals surface area contributed by atoms with E-state index in [4.69, 9.17) is 5.73 Å². The summed E-state index contributed by atoms with van der Waals surface area (Å²) in [6.45, 7) is 1.74. The SMILES string of the molecule is CN(O)C(=O)c1cc2c(CN3CCC[C@@H]3C(N)=O)cn(Cc3ccc(F)cc3)c2cn1. The quantitative estimate of drug-likeness (QED) is 0.465. The van der Waals surface area contributed by atoms with Crippen molar-refractivity contribution in [1.29, 1.82) is 0 Å². The van der Waals surface area contributed by atoms with Crippen molar-refractivity contribution < 1.29 is 19.2 Å². The van der Waals surface area contributed by atoms with Crippen LogP contribution in [-0.4, -0.2) is 56.2 Å². The molecule has 3 aromatic rings. The summed E-state index contributed by atoms with van der Waals surface area (Å²) >= 11 is 0. The molecule has 9 heteroatoms. The highest BCUT2D eigenvalue weighted by molar-refractivity contribution is 5.96. The Morgan fingerprint density at radius 1 is 1.29 bits per heavy atom. The summed E-state index contributed by atoms with van der Waals surface area (Å²) in [5.74, 6) is -1.26. The Bertz CT molecular complexity index is 1130. The van der Waals surface area contributed by atoms with Gasteiger partial charge in [0.1, 0.15) is 11.5 Å². The van der Waals surface area contributed by atoms with E-state index in [1.807, 2.05) is 15.7 Å². The van der Waals surface area contributed by atoms with Gasteiger partial charge in [-0.3, -0.25) is 19.7 Å². The van der Waals surface area contributed by atoms with Gasteiger partial charge >= 0.3 is 0 Å². The molecular weight excluding hydrogens is 401 g/mol. The molecule has 0 unspecified atom stereocenters. The molecular formula is C22H24FN5O3. The number of benzene rings is 1. The lowest BCUT2D eigenvalue weighted by Gasteiger charge is -2.21. The van der Waals surface area contributed by atoms with Crippen LogP contribution in [0.3, 0.4) is 0 Å². The van der Waals surface area contributed by atoms with Crippen molar-refractivity contribution in [3.8, 4) is 0 Å². The third-order valence-corrected chi connectivity index (χ3v) is 5.69. The zero-order valence-corrected chi connectivity index (χ0v) is 17.2. The number of fused-ring (bicyclic) bond motifs is 1. The number of hydrogen-bond acceptors (Lipinski definition) is 5. The van der Waals surface area contributed by atoms with Crippen molar-refractivity contribution in [3.63, 3.8) is 0 Å². The van der Waals surface area contributed by atoms with Gasteiger partial charge in [0.2, 0.25) is 5.91 Å². The molecule has 2 aromatic heterocycles. The number of amides is 2. The molecule has 0 bridgehead atoms. The van der Waals surface area contributed by atoms with Crippen LogP contribution >= 0.6 is 0 Å². The Balaban J connectivity index is 1.74. The van der Waals surface area contributed by atoms with Crippen molar-refractivity contribution in [1.82, 2.24) is 19.5 Å². The summed E-state index contributed by atoms with van der Waals surface area (Å²) in [4.78, 5) is 30.3. The van der Waals surface area contributed by atoms with E-state index in [-0.39, 0.29) is 23.5 Å². The molecule has 0 radical (unpaired) electrons. The second kappa shape index (κ2) is 8.44. The number of nitrogens with zero attached hydrogens (tertiary/aromatic N) is 4. The van der Waals surface area contributed by atoms with Gasteiger partial charge in [0, 0.05) is 31.7 Å². The van der Waals surface area contributed by atoms with Crippen LogP contribution in [0, 0.1) is 5.82 Å². The molecule has 162 valence electrons. The first-order valence-electron chi connectivity index (χ1n) is 10.1. The Labute approximate surface area is 178 Å². The number of likely N-dealkylation sites (tertiary alicyclic amines) is 1. The van der Waals surface area contributed by atoms with E-state index in [1.54, 1.807) is 24.4 Å². The molecule has 4 rings (SSSR count). The molecule has 8 nitrogen and oxygen atoms in total. The molecule has 0 saturated carbocycles. The Kier molecular flexibility index (Phi) is 5.71. The second-order valence-corrected chi connectivity index (χ2v) is 7.86. The topological polar surface area (TPSA) is 105 Å². The fourth-order valence-electron chi connectivity index (χ4n) is 4.14. The first-order valence-corrected chi connectivity index (χ1v) is 10.1. The minimum Gasteiger partial charge on any atom is -0.368 e. The smallest absolute Gasteiger partial charge is 0.295 e. The summed E-state index contributed by atoms with van der Waals surface area (Å²) in [5, 5.41) is 10.8. The number of carbonyl (C=O) groups is 2. The van der Waals surface area contributed by atoms with Gasteiger partial charge in [-0.05, 0) is 48.7 Å². The number of aromatic nitrogens is 2. The minimum absolute atomic E-state index is 0.117. The summed E-state index contributed by atoms with van der Waals surface area (Å²) in [5.41, 5.74) is 8.31. The molecule has 0 spiro atoms. The van der Waals surface area contributed by atoms with Gasteiger partial charge in [-0.1, -0.05) is 12.1 Å². The van der Waals surface area contributed by atoms with E-state index in [0.29, 0.717) is 18.2 Å². The molecule has 1 atom stereocenters. The van der Waals surface area contributed by atoms with Gasteiger partial charge in [0.25, 0.3) is 5.91 Å². The first-order chi connectivity index (χ1) is 14.8. The zero-order valence-electron chi connectivity index (χ0n) is 17.2. The third-order valence-electron chi connectivity index (χ3n) is 5.69. The number of halogens is 1. The van der Waals surface area contributed by atoms with Gasteiger partial charge in [-0.25, -0.2) is 14.4 Å². The van der Waals surface area contributed by atoms with E-state index in [9.17, 15) is 19.2 Å². The lowest BCUT2D eigenvalue weighted by molar-refractivity contribution is -0.122. The lowest BCUT2D eigenvalue weighted by Crippen LogP contribution is -2.39. The largest absolute Gasteiger partial charge is 0.368 e. The summed E-state index contributed by atoms with van der Waals surface area (Å²) in [6, 6.07) is 7.59. The maximum Gasteiger partial charge on any atom is 0.295 e. The van der Waals surface area contributed by atoms with Crippen LogP contribution in [0.4, 0.5) is 4.39 Å². The molecule has 1 fully saturated rings. The van der Waals surface area contributed by atoms with E-state index < -0.39 is 5.91 Å². The monoisotopic (exact) mass is 425 g/mol. The minimum atomic E-state index is -0.615. The number of pyridine rings is 1. The average Bonchev–Trinajstić information content (AvgIpc) is 3.34. The fraction of sp³-hybridized carbons (Fsp3) is 0.318. The summed E-state index contributed by atoms with van der Waals surface area (Å²) in [7, 11) is 1.25. The van der Waals surface area contributed by atoms with Crippen molar-refractivity contribution in [2.75, 3.05) is 13.6 Å². The molecule has 3 N–H and O–H groups in total. The average molecular weight is 425 g/mol. The summed E-state index contributed by atoms with van der Waals surface area (Å²) in [6.07, 6.45) is 5.17. The molecule has 1 aliphatic rings. The summed E-state index contributed by atoms with van der Waals surface area (Å²) < 4.78 is 15.3. The van der Waals surface area contributed by atoms with E-state index in [1.165, 1.54) is 19.2 Å². The fourth-order valence-corrected chi connectivity index (χ4v) is 4.14. The predicted octanol–water partition coefficient (Wildman–Crippen LogP) is 2.13. The van der Waals surface area contributed by atoms with Gasteiger partial charge < -0.3 is 10.3 Å². The van der Waals surface area contributed by atoms with Crippen LogP contribution in [0.5, 0.6) is 0 Å². The van der Waals surface area contributed by atoms with Crippen LogP contribution < -0.4 is 5.73 Å². The van der Waals surface area contributed by atoms with Crippen LogP contribution in [0.15, 0.2) is 42.7 Å². The third kappa shape index (κ3) is 4.28. The highest BCUT2D eigenvalue weighted by Crippen LogP contribution is 2.27. The molecule has 2 amide bonds. The number of hydrogen-bond donors (Lipinski definition) is 2. The number of rotatable bonds is 6. The van der Waals surface area contributed by atoms with Gasteiger partial charge in [-0.2, -0.15) is 0 Å². The van der Waals surface area contributed by atoms with Crippen molar-refractivity contribution in [3.05, 3.63) is 65.4 Å². The Morgan fingerprint density at radius 2 is 2.03 bits per heavy atom. The molecule has 0 aliphatic carbocycles. The zero-order chi connectivity index (χ0) is 22.1. The molecule has 31 heavy (non-hydrogen) atoms. The van der Waals surface area contributed by atoms with Crippen LogP contribution in [0.2, 0.25) is 0 Å².